The lowest BCUT2D eigenvalue weighted by atomic mass is 10.1. The zero-order valence-electron chi connectivity index (χ0n) is 11.4. The number of hydrogen-bond acceptors (Lipinski definition) is 3. The van der Waals surface area contributed by atoms with Gasteiger partial charge in [-0.25, -0.2) is 4.79 Å². The lowest BCUT2D eigenvalue weighted by Gasteiger charge is -2.09. The standard InChI is InChI=1S/C17H13NO3/c1-18-11-15(13-9-5-6-10-14(13)16(18)19)17(20)21-12-7-3-2-4-8-12/h2-11H,1H3. The van der Waals surface area contributed by atoms with Crippen LogP contribution in [0.5, 0.6) is 5.75 Å². The molecule has 104 valence electrons. The molecule has 4 nitrogen and oxygen atoms in total. The number of hydrogen-bond donors (Lipinski definition) is 0. The van der Waals surface area contributed by atoms with E-state index in [-0.39, 0.29) is 5.56 Å². The van der Waals surface area contributed by atoms with Crippen LogP contribution < -0.4 is 10.3 Å². The molecule has 0 bridgehead atoms. The first-order chi connectivity index (χ1) is 10.2. The van der Waals surface area contributed by atoms with Gasteiger partial charge < -0.3 is 9.30 Å². The maximum absolute atomic E-state index is 12.4. The van der Waals surface area contributed by atoms with Crippen LogP contribution in [0.15, 0.2) is 65.6 Å². The molecular formula is C17H13NO3. The monoisotopic (exact) mass is 279 g/mol. The molecule has 0 aliphatic carbocycles. The summed E-state index contributed by atoms with van der Waals surface area (Å²) in [6.07, 6.45) is 1.51. The topological polar surface area (TPSA) is 48.3 Å². The van der Waals surface area contributed by atoms with Crippen molar-refractivity contribution in [2.24, 2.45) is 7.05 Å². The molecule has 1 heterocycles. The first-order valence-electron chi connectivity index (χ1n) is 6.52. The summed E-state index contributed by atoms with van der Waals surface area (Å²) in [6.45, 7) is 0. The van der Waals surface area contributed by atoms with Gasteiger partial charge in [-0.05, 0) is 18.2 Å². The highest BCUT2D eigenvalue weighted by molar-refractivity contribution is 6.04. The number of para-hydroxylation sites is 1. The van der Waals surface area contributed by atoms with Crippen LogP contribution in [0, 0.1) is 0 Å². The van der Waals surface area contributed by atoms with Crippen LogP contribution in [-0.4, -0.2) is 10.5 Å². The predicted octanol–water partition coefficient (Wildman–Crippen LogP) is 2.76. The number of ether oxygens (including phenoxy) is 1. The van der Waals surface area contributed by atoms with Crippen molar-refractivity contribution in [3.63, 3.8) is 0 Å². The molecule has 0 amide bonds. The Labute approximate surface area is 121 Å². The smallest absolute Gasteiger partial charge is 0.345 e. The molecule has 0 saturated heterocycles. The number of benzene rings is 2. The third-order valence-electron chi connectivity index (χ3n) is 3.26. The minimum absolute atomic E-state index is 0.137. The summed E-state index contributed by atoms with van der Waals surface area (Å²) in [6, 6.07) is 15.9. The van der Waals surface area contributed by atoms with Crippen LogP contribution in [0.1, 0.15) is 10.4 Å². The van der Waals surface area contributed by atoms with Gasteiger partial charge in [-0.1, -0.05) is 36.4 Å². The van der Waals surface area contributed by atoms with Crippen LogP contribution >= 0.6 is 0 Å². The average Bonchev–Trinajstić information content (AvgIpc) is 2.52. The third-order valence-corrected chi connectivity index (χ3v) is 3.26. The van der Waals surface area contributed by atoms with E-state index in [1.165, 1.54) is 10.8 Å². The zero-order chi connectivity index (χ0) is 14.8. The van der Waals surface area contributed by atoms with E-state index in [4.69, 9.17) is 4.74 Å². The summed E-state index contributed by atoms with van der Waals surface area (Å²) < 4.78 is 6.74. The van der Waals surface area contributed by atoms with E-state index < -0.39 is 5.97 Å². The second-order valence-electron chi connectivity index (χ2n) is 4.71. The SMILES string of the molecule is Cn1cc(C(=O)Oc2ccccc2)c2ccccc2c1=O. The van der Waals surface area contributed by atoms with E-state index in [0.29, 0.717) is 22.1 Å². The second kappa shape index (κ2) is 5.25. The van der Waals surface area contributed by atoms with Crippen LogP contribution in [0.3, 0.4) is 0 Å². The highest BCUT2D eigenvalue weighted by Crippen LogP contribution is 2.18. The molecular weight excluding hydrogens is 266 g/mol. The van der Waals surface area contributed by atoms with Gasteiger partial charge in [0.05, 0.1) is 5.56 Å². The summed E-state index contributed by atoms with van der Waals surface area (Å²) in [7, 11) is 1.62. The third kappa shape index (κ3) is 2.43. The average molecular weight is 279 g/mol. The summed E-state index contributed by atoms with van der Waals surface area (Å²) in [5.41, 5.74) is 0.235. The van der Waals surface area contributed by atoms with Crippen molar-refractivity contribution in [2.45, 2.75) is 0 Å². The Morgan fingerprint density at radius 1 is 0.952 bits per heavy atom. The number of fused-ring (bicyclic) bond motifs is 1. The van der Waals surface area contributed by atoms with Gasteiger partial charge in [0, 0.05) is 24.0 Å². The predicted molar refractivity (Wildman–Crippen MR) is 80.6 cm³/mol. The Kier molecular flexibility index (Phi) is 3.28. The molecule has 4 heteroatoms. The highest BCUT2D eigenvalue weighted by atomic mass is 16.5. The van der Waals surface area contributed by atoms with Crippen LogP contribution in [0.4, 0.5) is 0 Å². The Morgan fingerprint density at radius 3 is 2.29 bits per heavy atom. The summed E-state index contributed by atoms with van der Waals surface area (Å²) in [5.74, 6) is -0.00608. The van der Waals surface area contributed by atoms with Crippen molar-refractivity contribution in [1.82, 2.24) is 4.57 Å². The fourth-order valence-electron chi connectivity index (χ4n) is 2.23. The Bertz CT molecular complexity index is 866. The minimum Gasteiger partial charge on any atom is -0.423 e. The van der Waals surface area contributed by atoms with Gasteiger partial charge >= 0.3 is 5.97 Å². The number of carbonyl (C=O) groups excluding carboxylic acids is 1. The van der Waals surface area contributed by atoms with E-state index in [9.17, 15) is 9.59 Å². The molecule has 0 radical (unpaired) electrons. The maximum atomic E-state index is 12.4. The molecule has 21 heavy (non-hydrogen) atoms. The number of nitrogens with zero attached hydrogens (tertiary/aromatic N) is 1. The lowest BCUT2D eigenvalue weighted by Crippen LogP contribution is -2.20. The maximum Gasteiger partial charge on any atom is 0.345 e. The van der Waals surface area contributed by atoms with Gasteiger partial charge in [0.15, 0.2) is 0 Å². The molecule has 1 aromatic heterocycles. The Hall–Kier alpha value is -2.88. The van der Waals surface area contributed by atoms with E-state index in [0.717, 1.165) is 0 Å². The molecule has 2 aromatic carbocycles. The molecule has 0 aliphatic heterocycles. The molecule has 3 rings (SSSR count). The Morgan fingerprint density at radius 2 is 1.57 bits per heavy atom. The Balaban J connectivity index is 2.10. The number of aryl methyl sites for hydroxylation is 1. The van der Waals surface area contributed by atoms with Crippen molar-refractivity contribution in [3.8, 4) is 5.75 Å². The number of pyridine rings is 1. The summed E-state index contributed by atoms with van der Waals surface area (Å²) in [5, 5.41) is 1.10. The van der Waals surface area contributed by atoms with Gasteiger partial charge in [-0.2, -0.15) is 0 Å². The van der Waals surface area contributed by atoms with E-state index in [1.54, 1.807) is 55.6 Å². The molecule has 0 unspecified atom stereocenters. The zero-order valence-corrected chi connectivity index (χ0v) is 11.4. The fourth-order valence-corrected chi connectivity index (χ4v) is 2.23. The lowest BCUT2D eigenvalue weighted by molar-refractivity contribution is 0.0736. The van der Waals surface area contributed by atoms with Crippen LogP contribution in [0.2, 0.25) is 0 Å². The van der Waals surface area contributed by atoms with Gasteiger partial charge in [0.25, 0.3) is 5.56 Å². The second-order valence-corrected chi connectivity index (χ2v) is 4.71. The van der Waals surface area contributed by atoms with Gasteiger partial charge in [0.2, 0.25) is 0 Å². The molecule has 0 N–H and O–H groups in total. The molecule has 0 atom stereocenters. The quantitative estimate of drug-likeness (QED) is 0.535. The van der Waals surface area contributed by atoms with Crippen molar-refractivity contribution >= 4 is 16.7 Å². The largest absolute Gasteiger partial charge is 0.423 e. The number of esters is 1. The van der Waals surface area contributed by atoms with Gasteiger partial charge in [-0.3, -0.25) is 4.79 Å². The first kappa shape index (κ1) is 13.1. The van der Waals surface area contributed by atoms with Crippen molar-refractivity contribution in [3.05, 3.63) is 76.7 Å². The van der Waals surface area contributed by atoms with Crippen LogP contribution in [-0.2, 0) is 7.05 Å². The number of aromatic nitrogens is 1. The van der Waals surface area contributed by atoms with Crippen molar-refractivity contribution < 1.29 is 9.53 Å². The van der Waals surface area contributed by atoms with E-state index in [2.05, 4.69) is 0 Å². The van der Waals surface area contributed by atoms with Crippen molar-refractivity contribution in [2.75, 3.05) is 0 Å². The van der Waals surface area contributed by atoms with Gasteiger partial charge in [-0.15, -0.1) is 0 Å². The minimum atomic E-state index is -0.479. The molecule has 3 aromatic rings. The van der Waals surface area contributed by atoms with E-state index >= 15 is 0 Å². The molecule has 0 saturated carbocycles. The first-order valence-corrected chi connectivity index (χ1v) is 6.52. The molecule has 0 fully saturated rings. The highest BCUT2D eigenvalue weighted by Gasteiger charge is 2.15. The molecule has 0 spiro atoms. The number of carbonyl (C=O) groups is 1. The van der Waals surface area contributed by atoms with Crippen LogP contribution in [0.25, 0.3) is 10.8 Å². The van der Waals surface area contributed by atoms with Crippen molar-refractivity contribution in [1.29, 1.82) is 0 Å². The van der Waals surface area contributed by atoms with E-state index in [1.807, 2.05) is 6.07 Å². The summed E-state index contributed by atoms with van der Waals surface area (Å²) in [4.78, 5) is 24.4. The molecule has 0 aliphatic rings. The van der Waals surface area contributed by atoms with Gasteiger partial charge in [0.1, 0.15) is 5.75 Å². The number of rotatable bonds is 2. The normalized spacial score (nSPS) is 10.5. The fraction of sp³-hybridized carbons (Fsp3) is 0.0588. The summed E-state index contributed by atoms with van der Waals surface area (Å²) >= 11 is 0.